The first-order valence-electron chi connectivity index (χ1n) is 10.8. The SMILES string of the molecule is CCCOC(=O)c1ccc(NC(=S)NC(=O)c2cc(Br)ccc2OCCc2ccccc2)cc1. The van der Waals surface area contributed by atoms with Crippen molar-refractivity contribution in [2.45, 2.75) is 19.8 Å². The number of carbonyl (C=O) groups is 2. The molecule has 0 saturated carbocycles. The molecule has 176 valence electrons. The van der Waals surface area contributed by atoms with Gasteiger partial charge in [0.2, 0.25) is 0 Å². The molecule has 0 fully saturated rings. The van der Waals surface area contributed by atoms with Gasteiger partial charge in [0, 0.05) is 16.6 Å². The van der Waals surface area contributed by atoms with Gasteiger partial charge in [-0.3, -0.25) is 10.1 Å². The van der Waals surface area contributed by atoms with Gasteiger partial charge in [-0.05, 0) is 66.7 Å². The highest BCUT2D eigenvalue weighted by Gasteiger charge is 2.15. The van der Waals surface area contributed by atoms with E-state index < -0.39 is 5.91 Å². The summed E-state index contributed by atoms with van der Waals surface area (Å²) in [5.74, 6) is -0.304. The Morgan fingerprint density at radius 2 is 1.71 bits per heavy atom. The van der Waals surface area contributed by atoms with Crippen LogP contribution in [0.1, 0.15) is 39.6 Å². The third-order valence-corrected chi connectivity index (χ3v) is 5.42. The molecule has 0 bridgehead atoms. The number of carbonyl (C=O) groups excluding carboxylic acids is 2. The van der Waals surface area contributed by atoms with E-state index in [-0.39, 0.29) is 11.1 Å². The molecule has 0 heterocycles. The van der Waals surface area contributed by atoms with Gasteiger partial charge in [0.1, 0.15) is 5.75 Å². The van der Waals surface area contributed by atoms with Crippen molar-refractivity contribution in [3.05, 3.63) is 94.0 Å². The summed E-state index contributed by atoms with van der Waals surface area (Å²) >= 11 is 8.70. The van der Waals surface area contributed by atoms with Gasteiger partial charge in [0.05, 0.1) is 24.3 Å². The lowest BCUT2D eigenvalue weighted by atomic mass is 10.1. The van der Waals surface area contributed by atoms with Crippen LogP contribution in [-0.4, -0.2) is 30.2 Å². The van der Waals surface area contributed by atoms with Crippen LogP contribution in [0.5, 0.6) is 5.75 Å². The summed E-state index contributed by atoms with van der Waals surface area (Å²) in [6.07, 6.45) is 1.48. The molecule has 0 saturated heterocycles. The number of benzene rings is 3. The predicted octanol–water partition coefficient (Wildman–Crippen LogP) is 5.76. The molecule has 0 aromatic heterocycles. The third-order valence-electron chi connectivity index (χ3n) is 4.72. The monoisotopic (exact) mass is 540 g/mol. The van der Waals surface area contributed by atoms with Crippen LogP contribution >= 0.6 is 28.1 Å². The first-order valence-corrected chi connectivity index (χ1v) is 12.0. The number of rotatable bonds is 9. The zero-order chi connectivity index (χ0) is 24.3. The van der Waals surface area contributed by atoms with Gasteiger partial charge in [-0.1, -0.05) is 53.2 Å². The predicted molar refractivity (Wildman–Crippen MR) is 140 cm³/mol. The summed E-state index contributed by atoms with van der Waals surface area (Å²) in [5.41, 5.74) is 2.59. The van der Waals surface area contributed by atoms with Crippen LogP contribution in [0, 0.1) is 0 Å². The van der Waals surface area contributed by atoms with E-state index >= 15 is 0 Å². The summed E-state index contributed by atoms with van der Waals surface area (Å²) in [7, 11) is 0. The number of halogens is 1. The fourth-order valence-corrected chi connectivity index (χ4v) is 3.60. The molecule has 0 radical (unpaired) electrons. The van der Waals surface area contributed by atoms with Gasteiger partial charge in [0.15, 0.2) is 5.11 Å². The minimum atomic E-state index is -0.395. The minimum Gasteiger partial charge on any atom is -0.492 e. The second-order valence-corrected chi connectivity index (χ2v) is 8.67. The van der Waals surface area contributed by atoms with E-state index in [1.165, 1.54) is 0 Å². The molecule has 0 unspecified atom stereocenters. The van der Waals surface area contributed by atoms with E-state index in [4.69, 9.17) is 21.7 Å². The Kier molecular flexibility index (Phi) is 9.61. The van der Waals surface area contributed by atoms with E-state index in [2.05, 4.69) is 26.6 Å². The van der Waals surface area contributed by atoms with E-state index in [1.807, 2.05) is 43.3 Å². The Morgan fingerprint density at radius 1 is 0.971 bits per heavy atom. The Balaban J connectivity index is 1.58. The lowest BCUT2D eigenvalue weighted by Crippen LogP contribution is -2.34. The molecule has 8 heteroatoms. The molecule has 0 aliphatic heterocycles. The van der Waals surface area contributed by atoms with Gasteiger partial charge in [-0.2, -0.15) is 0 Å². The largest absolute Gasteiger partial charge is 0.492 e. The van der Waals surface area contributed by atoms with Crippen molar-refractivity contribution >= 4 is 50.8 Å². The number of ether oxygens (including phenoxy) is 2. The van der Waals surface area contributed by atoms with Crippen LogP contribution in [0.3, 0.4) is 0 Å². The van der Waals surface area contributed by atoms with Crippen molar-refractivity contribution in [1.29, 1.82) is 0 Å². The molecular weight excluding hydrogens is 516 g/mol. The summed E-state index contributed by atoms with van der Waals surface area (Å²) < 4.78 is 11.8. The van der Waals surface area contributed by atoms with E-state index in [0.717, 1.165) is 22.9 Å². The second kappa shape index (κ2) is 12.9. The van der Waals surface area contributed by atoms with Crippen molar-refractivity contribution in [3.8, 4) is 5.75 Å². The summed E-state index contributed by atoms with van der Waals surface area (Å²) in [6.45, 7) is 2.74. The van der Waals surface area contributed by atoms with Crippen LogP contribution in [0.2, 0.25) is 0 Å². The first-order chi connectivity index (χ1) is 16.5. The maximum absolute atomic E-state index is 12.9. The lowest BCUT2D eigenvalue weighted by Gasteiger charge is -2.14. The number of hydrogen-bond donors (Lipinski definition) is 2. The van der Waals surface area contributed by atoms with E-state index in [0.29, 0.717) is 35.8 Å². The van der Waals surface area contributed by atoms with Gasteiger partial charge >= 0.3 is 5.97 Å². The second-order valence-electron chi connectivity index (χ2n) is 7.35. The van der Waals surface area contributed by atoms with Gasteiger partial charge in [-0.25, -0.2) is 4.79 Å². The molecule has 1 amide bonds. The van der Waals surface area contributed by atoms with E-state index in [9.17, 15) is 9.59 Å². The van der Waals surface area contributed by atoms with Crippen molar-refractivity contribution in [2.24, 2.45) is 0 Å². The molecule has 0 aliphatic carbocycles. The lowest BCUT2D eigenvalue weighted by molar-refractivity contribution is 0.0505. The van der Waals surface area contributed by atoms with Crippen molar-refractivity contribution in [3.63, 3.8) is 0 Å². The standard InChI is InChI=1S/C26H25BrN2O4S/c1-2-15-33-25(31)19-8-11-21(12-9-19)28-26(34)29-24(30)22-17-20(27)10-13-23(22)32-16-14-18-6-4-3-5-7-18/h3-13,17H,2,14-16H2,1H3,(H2,28,29,30,34). The molecule has 2 N–H and O–H groups in total. The Hall–Kier alpha value is -3.23. The van der Waals surface area contributed by atoms with Crippen LogP contribution in [0.25, 0.3) is 0 Å². The van der Waals surface area contributed by atoms with Crippen molar-refractivity contribution < 1.29 is 19.1 Å². The van der Waals surface area contributed by atoms with Crippen molar-refractivity contribution in [2.75, 3.05) is 18.5 Å². The molecule has 6 nitrogen and oxygen atoms in total. The van der Waals surface area contributed by atoms with Crippen molar-refractivity contribution in [1.82, 2.24) is 5.32 Å². The highest BCUT2D eigenvalue weighted by atomic mass is 79.9. The number of nitrogens with one attached hydrogen (secondary N) is 2. The molecular formula is C26H25BrN2O4S. The van der Waals surface area contributed by atoms with Crippen LogP contribution in [0.4, 0.5) is 5.69 Å². The topological polar surface area (TPSA) is 76.7 Å². The molecule has 3 aromatic rings. The zero-order valence-corrected chi connectivity index (χ0v) is 21.1. The minimum absolute atomic E-state index is 0.126. The average Bonchev–Trinajstić information content (AvgIpc) is 2.84. The van der Waals surface area contributed by atoms with Crippen LogP contribution in [0.15, 0.2) is 77.3 Å². The Labute approximate surface area is 212 Å². The zero-order valence-electron chi connectivity index (χ0n) is 18.7. The molecule has 3 aromatic carbocycles. The maximum Gasteiger partial charge on any atom is 0.338 e. The highest BCUT2D eigenvalue weighted by Crippen LogP contribution is 2.24. The smallest absolute Gasteiger partial charge is 0.338 e. The first kappa shape index (κ1) is 25.4. The average molecular weight is 541 g/mol. The van der Waals surface area contributed by atoms with Gasteiger partial charge < -0.3 is 14.8 Å². The molecule has 0 aliphatic rings. The third kappa shape index (κ3) is 7.67. The molecule has 34 heavy (non-hydrogen) atoms. The summed E-state index contributed by atoms with van der Waals surface area (Å²) in [6, 6.07) is 21.9. The summed E-state index contributed by atoms with van der Waals surface area (Å²) in [5, 5.41) is 5.75. The number of amides is 1. The fourth-order valence-electron chi connectivity index (χ4n) is 3.03. The normalized spacial score (nSPS) is 10.3. The number of anilines is 1. The number of hydrogen-bond acceptors (Lipinski definition) is 5. The molecule has 0 atom stereocenters. The number of esters is 1. The number of thiocarbonyl (C=S) groups is 1. The highest BCUT2D eigenvalue weighted by molar-refractivity contribution is 9.10. The summed E-state index contributed by atoms with van der Waals surface area (Å²) in [4.78, 5) is 24.8. The van der Waals surface area contributed by atoms with Gasteiger partial charge in [0.25, 0.3) is 5.91 Å². The quantitative estimate of drug-likeness (QED) is 0.265. The van der Waals surface area contributed by atoms with Crippen LogP contribution < -0.4 is 15.4 Å². The Morgan fingerprint density at radius 3 is 2.41 bits per heavy atom. The van der Waals surface area contributed by atoms with Crippen LogP contribution in [-0.2, 0) is 11.2 Å². The fraction of sp³-hybridized carbons (Fsp3) is 0.192. The van der Waals surface area contributed by atoms with Gasteiger partial charge in [-0.15, -0.1) is 0 Å². The molecule has 3 rings (SSSR count). The maximum atomic E-state index is 12.9. The Bertz CT molecular complexity index is 1140. The molecule has 0 spiro atoms. The van der Waals surface area contributed by atoms with E-state index in [1.54, 1.807) is 36.4 Å².